The molecule has 2 N–H and O–H groups in total. The largest absolute Gasteiger partial charge is 0.460 e. The number of hydrogen-bond acceptors (Lipinski definition) is 4. The molecule has 0 heterocycles. The van der Waals surface area contributed by atoms with Crippen molar-refractivity contribution in [3.63, 3.8) is 0 Å². The van der Waals surface area contributed by atoms with Gasteiger partial charge in [-0.2, -0.15) is 0 Å². The second-order valence-corrected chi connectivity index (χ2v) is 5.28. The monoisotopic (exact) mass is 249 g/mol. The van der Waals surface area contributed by atoms with Crippen molar-refractivity contribution in [1.82, 2.24) is 0 Å². The van der Waals surface area contributed by atoms with Crippen molar-refractivity contribution in [3.8, 4) is 0 Å². The van der Waals surface area contributed by atoms with Gasteiger partial charge in [0.2, 0.25) is 0 Å². The number of carbonyl (C=O) groups is 2. The van der Waals surface area contributed by atoms with Gasteiger partial charge in [-0.1, -0.05) is 11.6 Å². The van der Waals surface area contributed by atoms with Crippen LogP contribution in [0.1, 0.15) is 43.1 Å². The molecule has 0 aromatic heterocycles. The van der Waals surface area contributed by atoms with E-state index in [1.54, 1.807) is 32.9 Å². The number of ketones is 1. The number of anilines is 1. The SMILES string of the molecule is Cc1ccc(N)c(C(=O)CC(=O)OC(C)(C)C)c1. The van der Waals surface area contributed by atoms with Crippen LogP contribution in [0.3, 0.4) is 0 Å². The number of hydrogen-bond donors (Lipinski definition) is 1. The summed E-state index contributed by atoms with van der Waals surface area (Å²) in [7, 11) is 0. The van der Waals surface area contributed by atoms with E-state index < -0.39 is 11.6 Å². The number of Topliss-reactive ketones (excluding diaryl/α,β-unsaturated/α-hetero) is 1. The molecule has 0 bridgehead atoms. The lowest BCUT2D eigenvalue weighted by molar-refractivity contribution is -0.153. The number of carbonyl (C=O) groups excluding carboxylic acids is 2. The zero-order chi connectivity index (χ0) is 13.9. The van der Waals surface area contributed by atoms with Crippen LogP contribution < -0.4 is 5.73 Å². The third-order valence-electron chi connectivity index (χ3n) is 2.23. The molecule has 0 radical (unpaired) electrons. The summed E-state index contributed by atoms with van der Waals surface area (Å²) in [5.41, 5.74) is 6.82. The Hall–Kier alpha value is -1.84. The Morgan fingerprint density at radius 3 is 2.44 bits per heavy atom. The van der Waals surface area contributed by atoms with Gasteiger partial charge in [0, 0.05) is 11.3 Å². The molecular weight excluding hydrogens is 230 g/mol. The minimum Gasteiger partial charge on any atom is -0.460 e. The summed E-state index contributed by atoms with van der Waals surface area (Å²) >= 11 is 0. The molecule has 0 amide bonds. The number of esters is 1. The van der Waals surface area contributed by atoms with Crippen molar-refractivity contribution in [3.05, 3.63) is 29.3 Å². The van der Waals surface area contributed by atoms with Gasteiger partial charge in [-0.15, -0.1) is 0 Å². The lowest BCUT2D eigenvalue weighted by Crippen LogP contribution is -2.25. The van der Waals surface area contributed by atoms with Crippen LogP contribution in [-0.2, 0) is 9.53 Å². The predicted molar refractivity (Wildman–Crippen MR) is 70.4 cm³/mol. The van der Waals surface area contributed by atoms with E-state index in [4.69, 9.17) is 10.5 Å². The molecule has 0 aliphatic heterocycles. The van der Waals surface area contributed by atoms with E-state index in [2.05, 4.69) is 0 Å². The Morgan fingerprint density at radius 1 is 1.28 bits per heavy atom. The smallest absolute Gasteiger partial charge is 0.314 e. The van der Waals surface area contributed by atoms with E-state index >= 15 is 0 Å². The van der Waals surface area contributed by atoms with Crippen molar-refractivity contribution < 1.29 is 14.3 Å². The molecule has 0 spiro atoms. The molecule has 1 aromatic rings. The van der Waals surface area contributed by atoms with E-state index in [9.17, 15) is 9.59 Å². The maximum absolute atomic E-state index is 11.9. The third kappa shape index (κ3) is 4.20. The summed E-state index contributed by atoms with van der Waals surface area (Å²) < 4.78 is 5.10. The highest BCUT2D eigenvalue weighted by atomic mass is 16.6. The van der Waals surface area contributed by atoms with Crippen LogP contribution in [0.25, 0.3) is 0 Å². The van der Waals surface area contributed by atoms with Gasteiger partial charge in [0.1, 0.15) is 12.0 Å². The Bertz CT molecular complexity index is 472. The van der Waals surface area contributed by atoms with Crippen LogP contribution >= 0.6 is 0 Å². The van der Waals surface area contributed by atoms with Gasteiger partial charge >= 0.3 is 5.97 Å². The number of nitrogens with two attached hydrogens (primary N) is 1. The molecule has 98 valence electrons. The maximum Gasteiger partial charge on any atom is 0.314 e. The molecular formula is C14H19NO3. The van der Waals surface area contributed by atoms with E-state index in [1.165, 1.54) is 0 Å². The van der Waals surface area contributed by atoms with Crippen LogP contribution in [0.2, 0.25) is 0 Å². The first-order valence-electron chi connectivity index (χ1n) is 5.80. The molecule has 18 heavy (non-hydrogen) atoms. The molecule has 0 fully saturated rings. The Kier molecular flexibility index (Phi) is 4.11. The fourth-order valence-corrected chi connectivity index (χ4v) is 1.52. The van der Waals surface area contributed by atoms with Gasteiger partial charge in [-0.25, -0.2) is 0 Å². The molecule has 0 aliphatic carbocycles. The first-order valence-corrected chi connectivity index (χ1v) is 5.80. The van der Waals surface area contributed by atoms with Crippen LogP contribution in [0.5, 0.6) is 0 Å². The lowest BCUT2D eigenvalue weighted by Gasteiger charge is -2.19. The Morgan fingerprint density at radius 2 is 1.89 bits per heavy atom. The molecule has 0 unspecified atom stereocenters. The minimum atomic E-state index is -0.588. The Balaban J connectivity index is 2.77. The number of ether oxygens (including phenoxy) is 1. The summed E-state index contributed by atoms with van der Waals surface area (Å²) in [6, 6.07) is 5.17. The molecule has 0 aliphatic rings. The molecule has 0 saturated heterocycles. The van der Waals surface area contributed by atoms with Crippen molar-refractivity contribution in [1.29, 1.82) is 0 Å². The second-order valence-electron chi connectivity index (χ2n) is 5.28. The van der Waals surface area contributed by atoms with Gasteiger partial charge in [0.15, 0.2) is 5.78 Å². The van der Waals surface area contributed by atoms with Crippen LogP contribution in [0.15, 0.2) is 18.2 Å². The fourth-order valence-electron chi connectivity index (χ4n) is 1.52. The summed E-state index contributed by atoms with van der Waals surface area (Å²) in [4.78, 5) is 23.5. The Labute approximate surface area is 107 Å². The minimum absolute atomic E-state index is 0.287. The van der Waals surface area contributed by atoms with Crippen molar-refractivity contribution in [2.24, 2.45) is 0 Å². The second kappa shape index (κ2) is 5.21. The van der Waals surface area contributed by atoms with Crippen molar-refractivity contribution >= 4 is 17.4 Å². The molecule has 0 saturated carbocycles. The number of aryl methyl sites for hydroxylation is 1. The summed E-state index contributed by atoms with van der Waals surface area (Å²) in [5.74, 6) is -0.848. The molecule has 4 nitrogen and oxygen atoms in total. The third-order valence-corrected chi connectivity index (χ3v) is 2.23. The highest BCUT2D eigenvalue weighted by Crippen LogP contribution is 2.17. The molecule has 1 aromatic carbocycles. The van der Waals surface area contributed by atoms with Gasteiger partial charge in [-0.3, -0.25) is 9.59 Å². The fraction of sp³-hybridized carbons (Fsp3) is 0.429. The van der Waals surface area contributed by atoms with Crippen LogP contribution in [0.4, 0.5) is 5.69 Å². The molecule has 4 heteroatoms. The van der Waals surface area contributed by atoms with E-state index in [-0.39, 0.29) is 12.2 Å². The van der Waals surface area contributed by atoms with E-state index in [1.807, 2.05) is 13.0 Å². The average Bonchev–Trinajstić information content (AvgIpc) is 2.18. The normalized spacial score (nSPS) is 11.1. The standard InChI is InChI=1S/C14H19NO3/c1-9-5-6-11(15)10(7-9)12(16)8-13(17)18-14(2,3)4/h5-7H,8,15H2,1-4H3. The van der Waals surface area contributed by atoms with Gasteiger partial charge in [0.05, 0.1) is 0 Å². The first kappa shape index (κ1) is 14.2. The molecule has 0 atom stereocenters. The summed E-state index contributed by atoms with van der Waals surface area (Å²) in [6.07, 6.45) is -0.287. The van der Waals surface area contributed by atoms with Gasteiger partial charge in [-0.05, 0) is 39.8 Å². The van der Waals surface area contributed by atoms with Crippen LogP contribution in [0, 0.1) is 6.92 Å². The first-order chi connectivity index (χ1) is 8.19. The number of rotatable bonds is 3. The zero-order valence-corrected chi connectivity index (χ0v) is 11.2. The van der Waals surface area contributed by atoms with Gasteiger partial charge < -0.3 is 10.5 Å². The lowest BCUT2D eigenvalue weighted by atomic mass is 10.0. The summed E-state index contributed by atoms with van der Waals surface area (Å²) in [6.45, 7) is 7.15. The highest BCUT2D eigenvalue weighted by Gasteiger charge is 2.20. The van der Waals surface area contributed by atoms with E-state index in [0.29, 0.717) is 11.3 Å². The number of nitrogen functional groups attached to an aromatic ring is 1. The van der Waals surface area contributed by atoms with E-state index in [0.717, 1.165) is 5.56 Å². The zero-order valence-electron chi connectivity index (χ0n) is 11.2. The summed E-state index contributed by atoms with van der Waals surface area (Å²) in [5, 5.41) is 0. The predicted octanol–water partition coefficient (Wildman–Crippen LogP) is 2.49. The number of benzene rings is 1. The van der Waals surface area contributed by atoms with Gasteiger partial charge in [0.25, 0.3) is 0 Å². The topological polar surface area (TPSA) is 69.4 Å². The van der Waals surface area contributed by atoms with Crippen LogP contribution in [-0.4, -0.2) is 17.4 Å². The molecule has 1 rings (SSSR count). The average molecular weight is 249 g/mol. The maximum atomic E-state index is 11.9. The quantitative estimate of drug-likeness (QED) is 0.387. The van der Waals surface area contributed by atoms with Crippen molar-refractivity contribution in [2.45, 2.75) is 39.7 Å². The highest BCUT2D eigenvalue weighted by molar-refractivity contribution is 6.09. The van der Waals surface area contributed by atoms with Crippen molar-refractivity contribution in [2.75, 3.05) is 5.73 Å².